The summed E-state index contributed by atoms with van der Waals surface area (Å²) in [6, 6.07) is 1.17. The van der Waals surface area contributed by atoms with Crippen molar-refractivity contribution < 1.29 is 18.7 Å². The van der Waals surface area contributed by atoms with Gasteiger partial charge in [-0.05, 0) is 27.6 Å². The second-order valence-electron chi connectivity index (χ2n) is 3.04. The number of alkyl halides is 2. The van der Waals surface area contributed by atoms with Gasteiger partial charge in [-0.15, -0.1) is 0 Å². The van der Waals surface area contributed by atoms with E-state index in [-0.39, 0.29) is 12.2 Å². The van der Waals surface area contributed by atoms with Gasteiger partial charge in [-0.1, -0.05) is 0 Å². The number of pyridine rings is 1. The number of hydrogen-bond donors (Lipinski definition) is 2. The quantitative estimate of drug-likeness (QED) is 0.889. The molecule has 1 heterocycles. The van der Waals surface area contributed by atoms with E-state index in [9.17, 15) is 13.6 Å². The maximum atomic E-state index is 12.5. The fourth-order valence-electron chi connectivity index (χ4n) is 1.19. The van der Waals surface area contributed by atoms with Gasteiger partial charge < -0.3 is 10.8 Å². The van der Waals surface area contributed by atoms with Gasteiger partial charge in [0.1, 0.15) is 5.69 Å². The largest absolute Gasteiger partial charge is 0.481 e. The first-order valence-corrected chi connectivity index (χ1v) is 5.13. The van der Waals surface area contributed by atoms with E-state index in [1.54, 1.807) is 0 Å². The molecule has 0 fully saturated rings. The number of halogens is 3. The number of aromatic nitrogens is 1. The predicted molar refractivity (Wildman–Crippen MR) is 56.1 cm³/mol. The number of aliphatic carboxylic acids is 1. The maximum absolute atomic E-state index is 12.5. The highest BCUT2D eigenvalue weighted by molar-refractivity contribution is 9.10. The summed E-state index contributed by atoms with van der Waals surface area (Å²) in [5.41, 5.74) is 5.39. The van der Waals surface area contributed by atoms with Crippen molar-refractivity contribution in [3.05, 3.63) is 27.5 Å². The molecule has 1 aromatic heterocycles. The van der Waals surface area contributed by atoms with Gasteiger partial charge in [0.15, 0.2) is 0 Å². The maximum Gasteiger partial charge on any atom is 0.309 e. The average molecular weight is 295 g/mol. The topological polar surface area (TPSA) is 76.2 Å². The van der Waals surface area contributed by atoms with E-state index in [1.165, 1.54) is 6.07 Å². The Morgan fingerprint density at radius 1 is 1.62 bits per heavy atom. The van der Waals surface area contributed by atoms with E-state index in [1.807, 2.05) is 0 Å². The van der Waals surface area contributed by atoms with Crippen LogP contribution in [0, 0.1) is 0 Å². The molecule has 0 aliphatic rings. The van der Waals surface area contributed by atoms with E-state index in [2.05, 4.69) is 20.9 Å². The molecule has 3 N–H and O–H groups in total. The minimum atomic E-state index is -2.74. The lowest BCUT2D eigenvalue weighted by molar-refractivity contribution is -0.136. The lowest BCUT2D eigenvalue weighted by Crippen LogP contribution is -2.09. The summed E-state index contributed by atoms with van der Waals surface area (Å²) in [4.78, 5) is 14.1. The van der Waals surface area contributed by atoms with Crippen molar-refractivity contribution >= 4 is 21.9 Å². The van der Waals surface area contributed by atoms with Crippen LogP contribution in [0.2, 0.25) is 0 Å². The van der Waals surface area contributed by atoms with Gasteiger partial charge in [0, 0.05) is 11.0 Å². The highest BCUT2D eigenvalue weighted by atomic mass is 79.9. The third-order valence-electron chi connectivity index (χ3n) is 1.88. The Morgan fingerprint density at radius 2 is 2.25 bits per heavy atom. The van der Waals surface area contributed by atoms with Crippen LogP contribution in [-0.2, 0) is 17.8 Å². The molecule has 0 atom stereocenters. The van der Waals surface area contributed by atoms with Gasteiger partial charge in [0.2, 0.25) is 0 Å². The Balaban J connectivity index is 3.24. The standard InChI is InChI=1S/C9H9BrF2N2O2/c10-8-4(3-13)1-6(9(11)12)14-5(8)2-7(15)16/h1,9H,2-3,13H2,(H,15,16). The fourth-order valence-corrected chi connectivity index (χ4v) is 1.69. The number of nitrogens with zero attached hydrogens (tertiary/aromatic N) is 1. The van der Waals surface area contributed by atoms with Gasteiger partial charge in [0.25, 0.3) is 6.43 Å². The van der Waals surface area contributed by atoms with Crippen LogP contribution in [-0.4, -0.2) is 16.1 Å². The van der Waals surface area contributed by atoms with Crippen molar-refractivity contribution in [2.24, 2.45) is 5.73 Å². The van der Waals surface area contributed by atoms with Crippen LogP contribution in [0.1, 0.15) is 23.4 Å². The summed E-state index contributed by atoms with van der Waals surface area (Å²) in [6.07, 6.45) is -3.17. The average Bonchev–Trinajstić information content (AvgIpc) is 2.20. The van der Waals surface area contributed by atoms with Crippen LogP contribution in [0.15, 0.2) is 10.5 Å². The van der Waals surface area contributed by atoms with Crippen molar-refractivity contribution in [1.82, 2.24) is 4.98 Å². The zero-order valence-electron chi connectivity index (χ0n) is 8.08. The number of carbonyl (C=O) groups is 1. The molecule has 1 aromatic rings. The molecule has 16 heavy (non-hydrogen) atoms. The second-order valence-corrected chi connectivity index (χ2v) is 3.84. The highest BCUT2D eigenvalue weighted by Crippen LogP contribution is 2.26. The number of hydrogen-bond acceptors (Lipinski definition) is 3. The van der Waals surface area contributed by atoms with Crippen molar-refractivity contribution in [2.45, 2.75) is 19.4 Å². The van der Waals surface area contributed by atoms with Crippen molar-refractivity contribution in [3.8, 4) is 0 Å². The fraction of sp³-hybridized carbons (Fsp3) is 0.333. The summed E-state index contributed by atoms with van der Waals surface area (Å²) in [5.74, 6) is -1.14. The molecule has 4 nitrogen and oxygen atoms in total. The van der Waals surface area contributed by atoms with E-state index in [4.69, 9.17) is 10.8 Å². The summed E-state index contributed by atoms with van der Waals surface area (Å²) in [5, 5.41) is 8.60. The molecule has 0 aliphatic heterocycles. The molecular formula is C9H9BrF2N2O2. The molecular weight excluding hydrogens is 286 g/mol. The number of rotatable bonds is 4. The number of carboxylic acids is 1. The molecule has 0 aromatic carbocycles. The van der Waals surface area contributed by atoms with Crippen LogP contribution < -0.4 is 5.73 Å². The third kappa shape index (κ3) is 2.96. The van der Waals surface area contributed by atoms with Gasteiger partial charge in [-0.2, -0.15) is 0 Å². The van der Waals surface area contributed by atoms with Crippen molar-refractivity contribution in [1.29, 1.82) is 0 Å². The van der Waals surface area contributed by atoms with E-state index in [0.717, 1.165) is 0 Å². The minimum absolute atomic E-state index is 0.0371. The van der Waals surface area contributed by atoms with E-state index in [0.29, 0.717) is 10.0 Å². The molecule has 0 unspecified atom stereocenters. The molecule has 0 saturated carbocycles. The van der Waals surface area contributed by atoms with Crippen LogP contribution in [0.3, 0.4) is 0 Å². The Kier molecular flexibility index (Phi) is 4.31. The summed E-state index contributed by atoms with van der Waals surface area (Å²) >= 11 is 3.10. The zero-order chi connectivity index (χ0) is 12.3. The first-order chi connectivity index (χ1) is 7.45. The Bertz CT molecular complexity index is 413. The lowest BCUT2D eigenvalue weighted by Gasteiger charge is -2.09. The lowest BCUT2D eigenvalue weighted by atomic mass is 10.1. The van der Waals surface area contributed by atoms with E-state index >= 15 is 0 Å². The van der Waals surface area contributed by atoms with Crippen LogP contribution in [0.5, 0.6) is 0 Å². The SMILES string of the molecule is NCc1cc(C(F)F)nc(CC(=O)O)c1Br. The Labute approximate surface area is 98.6 Å². The minimum Gasteiger partial charge on any atom is -0.481 e. The first kappa shape index (κ1) is 13.0. The molecule has 0 spiro atoms. The molecule has 0 radical (unpaired) electrons. The molecule has 0 saturated heterocycles. The van der Waals surface area contributed by atoms with Gasteiger partial charge in [-0.25, -0.2) is 8.78 Å². The van der Waals surface area contributed by atoms with Crippen LogP contribution in [0.4, 0.5) is 8.78 Å². The number of nitrogens with two attached hydrogens (primary N) is 1. The predicted octanol–water partition coefficient (Wildman–Crippen LogP) is 1.87. The summed E-state index contributed by atoms with van der Waals surface area (Å²) in [7, 11) is 0. The molecule has 7 heteroatoms. The smallest absolute Gasteiger partial charge is 0.309 e. The van der Waals surface area contributed by atoms with Crippen LogP contribution >= 0.6 is 15.9 Å². The summed E-state index contributed by atoms with van der Waals surface area (Å²) in [6.45, 7) is 0.0371. The second kappa shape index (κ2) is 5.31. The Hall–Kier alpha value is -1.08. The Morgan fingerprint density at radius 3 is 2.69 bits per heavy atom. The van der Waals surface area contributed by atoms with Crippen LogP contribution in [0.25, 0.3) is 0 Å². The van der Waals surface area contributed by atoms with E-state index < -0.39 is 24.5 Å². The van der Waals surface area contributed by atoms with Gasteiger partial charge in [-0.3, -0.25) is 9.78 Å². The third-order valence-corrected chi connectivity index (χ3v) is 2.85. The first-order valence-electron chi connectivity index (χ1n) is 4.34. The normalized spacial score (nSPS) is 10.8. The molecule has 0 amide bonds. The monoisotopic (exact) mass is 294 g/mol. The van der Waals surface area contributed by atoms with Crippen molar-refractivity contribution in [2.75, 3.05) is 0 Å². The van der Waals surface area contributed by atoms with Gasteiger partial charge in [0.05, 0.1) is 12.1 Å². The molecule has 0 bridgehead atoms. The number of carboxylic acid groups (broad SMARTS) is 1. The zero-order valence-corrected chi connectivity index (χ0v) is 9.67. The van der Waals surface area contributed by atoms with Gasteiger partial charge >= 0.3 is 5.97 Å². The van der Waals surface area contributed by atoms with Crippen molar-refractivity contribution in [3.63, 3.8) is 0 Å². The highest BCUT2D eigenvalue weighted by Gasteiger charge is 2.17. The molecule has 0 aliphatic carbocycles. The molecule has 88 valence electrons. The summed E-state index contributed by atoms with van der Waals surface area (Å²) < 4.78 is 25.3. The molecule has 1 rings (SSSR count).